The van der Waals surface area contributed by atoms with Crippen LogP contribution in [0, 0.1) is 0 Å². The molecule has 2 aromatic rings. The molecule has 0 saturated carbocycles. The minimum Gasteiger partial charge on any atom is -0.494 e. The van der Waals surface area contributed by atoms with Gasteiger partial charge in [0.15, 0.2) is 0 Å². The molecular formula is C21H28N2O. The third kappa shape index (κ3) is 4.57. The molecule has 0 unspecified atom stereocenters. The second kappa shape index (κ2) is 8.84. The number of likely N-dealkylation sites (tertiary alicyclic amines) is 1. The summed E-state index contributed by atoms with van der Waals surface area (Å²) in [7, 11) is 0. The molecule has 3 rings (SSSR count). The van der Waals surface area contributed by atoms with Crippen LogP contribution in [0.5, 0.6) is 5.75 Å². The molecule has 1 aromatic heterocycles. The zero-order valence-corrected chi connectivity index (χ0v) is 14.7. The van der Waals surface area contributed by atoms with Crippen LogP contribution in [0.1, 0.15) is 56.2 Å². The van der Waals surface area contributed by atoms with Crippen molar-refractivity contribution in [2.24, 2.45) is 0 Å². The number of piperidine rings is 1. The first-order chi connectivity index (χ1) is 11.9. The Labute approximate surface area is 145 Å². The summed E-state index contributed by atoms with van der Waals surface area (Å²) in [6, 6.07) is 13.4. The van der Waals surface area contributed by atoms with Crippen LogP contribution in [0.3, 0.4) is 0 Å². The molecule has 2 heterocycles. The Morgan fingerprint density at radius 2 is 2.04 bits per heavy atom. The Balaban J connectivity index is 1.63. The summed E-state index contributed by atoms with van der Waals surface area (Å²) in [6.45, 7) is 5.15. The number of pyridine rings is 1. The van der Waals surface area contributed by atoms with Crippen molar-refractivity contribution in [2.75, 3.05) is 13.2 Å². The Bertz CT molecular complexity index is 597. The molecule has 0 N–H and O–H groups in total. The van der Waals surface area contributed by atoms with Gasteiger partial charge in [-0.1, -0.05) is 38.0 Å². The number of rotatable bonds is 7. The zero-order valence-electron chi connectivity index (χ0n) is 14.7. The largest absolute Gasteiger partial charge is 0.494 e. The van der Waals surface area contributed by atoms with E-state index in [2.05, 4.69) is 47.1 Å². The quantitative estimate of drug-likeness (QED) is 0.671. The van der Waals surface area contributed by atoms with E-state index in [0.717, 1.165) is 31.9 Å². The second-order valence-corrected chi connectivity index (χ2v) is 6.61. The van der Waals surface area contributed by atoms with Gasteiger partial charge in [-0.05, 0) is 55.1 Å². The first-order valence-electron chi connectivity index (χ1n) is 9.22. The molecule has 0 amide bonds. The fourth-order valence-corrected chi connectivity index (χ4v) is 3.39. The zero-order chi connectivity index (χ0) is 16.6. The van der Waals surface area contributed by atoms with Crippen LogP contribution in [0.15, 0.2) is 48.8 Å². The lowest BCUT2D eigenvalue weighted by molar-refractivity contribution is 0.140. The van der Waals surface area contributed by atoms with Crippen LogP contribution in [-0.4, -0.2) is 23.0 Å². The molecule has 1 aliphatic rings. The number of unbranched alkanes of at least 4 members (excludes halogenated alkanes) is 1. The minimum absolute atomic E-state index is 0.493. The molecule has 3 nitrogen and oxygen atoms in total. The molecule has 0 aliphatic carbocycles. The van der Waals surface area contributed by atoms with Crippen LogP contribution >= 0.6 is 0 Å². The van der Waals surface area contributed by atoms with Crippen LogP contribution in [0.4, 0.5) is 0 Å². The molecule has 1 saturated heterocycles. The average molecular weight is 324 g/mol. The molecule has 1 fully saturated rings. The van der Waals surface area contributed by atoms with Crippen LogP contribution in [-0.2, 0) is 6.54 Å². The predicted molar refractivity (Wildman–Crippen MR) is 98.1 cm³/mol. The van der Waals surface area contributed by atoms with Crippen molar-refractivity contribution in [1.29, 1.82) is 0 Å². The highest BCUT2D eigenvalue weighted by atomic mass is 16.5. The number of ether oxygens (including phenoxy) is 1. The molecule has 1 atom stereocenters. The molecule has 0 radical (unpaired) electrons. The molecule has 1 aromatic carbocycles. The van der Waals surface area contributed by atoms with Crippen molar-refractivity contribution in [3.8, 4) is 5.75 Å². The maximum Gasteiger partial charge on any atom is 0.119 e. The van der Waals surface area contributed by atoms with Gasteiger partial charge in [0.25, 0.3) is 0 Å². The Morgan fingerprint density at radius 1 is 1.17 bits per heavy atom. The van der Waals surface area contributed by atoms with E-state index < -0.39 is 0 Å². The van der Waals surface area contributed by atoms with Crippen LogP contribution in [0.25, 0.3) is 0 Å². The van der Waals surface area contributed by atoms with Gasteiger partial charge in [0.1, 0.15) is 5.75 Å². The van der Waals surface area contributed by atoms with Gasteiger partial charge >= 0.3 is 0 Å². The van der Waals surface area contributed by atoms with Gasteiger partial charge < -0.3 is 4.74 Å². The summed E-state index contributed by atoms with van der Waals surface area (Å²) in [5.74, 6) is 0.981. The number of aromatic nitrogens is 1. The van der Waals surface area contributed by atoms with Crippen molar-refractivity contribution in [3.05, 3.63) is 59.9 Å². The maximum atomic E-state index is 5.76. The third-order valence-electron chi connectivity index (χ3n) is 4.76. The fourth-order valence-electron chi connectivity index (χ4n) is 3.39. The first-order valence-corrected chi connectivity index (χ1v) is 9.22. The number of hydrogen-bond donors (Lipinski definition) is 0. The molecule has 3 heteroatoms. The molecule has 24 heavy (non-hydrogen) atoms. The van der Waals surface area contributed by atoms with Gasteiger partial charge in [0.05, 0.1) is 6.61 Å². The highest BCUT2D eigenvalue weighted by molar-refractivity contribution is 5.27. The Morgan fingerprint density at radius 3 is 2.79 bits per heavy atom. The summed E-state index contributed by atoms with van der Waals surface area (Å²) < 4.78 is 5.76. The number of nitrogens with zero attached hydrogens (tertiary/aromatic N) is 2. The molecule has 0 bridgehead atoms. The fraction of sp³-hybridized carbons (Fsp3) is 0.476. The molecule has 0 spiro atoms. The van der Waals surface area contributed by atoms with Crippen molar-refractivity contribution >= 4 is 0 Å². The van der Waals surface area contributed by atoms with Gasteiger partial charge in [-0.25, -0.2) is 0 Å². The molecule has 128 valence electrons. The lowest BCUT2D eigenvalue weighted by atomic mass is 9.96. The lowest BCUT2D eigenvalue weighted by Crippen LogP contribution is -2.32. The van der Waals surface area contributed by atoms with Crippen LogP contribution < -0.4 is 4.74 Å². The summed E-state index contributed by atoms with van der Waals surface area (Å²) in [6.07, 6.45) is 9.98. The molecule has 1 aliphatic heterocycles. The lowest BCUT2D eigenvalue weighted by Gasteiger charge is -2.36. The van der Waals surface area contributed by atoms with E-state index in [0.29, 0.717) is 6.04 Å². The predicted octanol–water partition coefficient (Wildman–Crippen LogP) is 4.99. The summed E-state index contributed by atoms with van der Waals surface area (Å²) in [4.78, 5) is 6.90. The Hall–Kier alpha value is -1.87. The van der Waals surface area contributed by atoms with E-state index in [1.165, 1.54) is 36.8 Å². The number of hydrogen-bond acceptors (Lipinski definition) is 3. The summed E-state index contributed by atoms with van der Waals surface area (Å²) in [5, 5.41) is 0. The summed E-state index contributed by atoms with van der Waals surface area (Å²) >= 11 is 0. The van der Waals surface area contributed by atoms with Gasteiger partial charge in [-0.15, -0.1) is 0 Å². The summed E-state index contributed by atoms with van der Waals surface area (Å²) in [5.41, 5.74) is 2.70. The van der Waals surface area contributed by atoms with Gasteiger partial charge in [-0.2, -0.15) is 0 Å². The Kier molecular flexibility index (Phi) is 6.25. The van der Waals surface area contributed by atoms with Crippen molar-refractivity contribution in [3.63, 3.8) is 0 Å². The number of benzene rings is 1. The van der Waals surface area contributed by atoms with E-state index in [-0.39, 0.29) is 0 Å². The smallest absolute Gasteiger partial charge is 0.119 e. The highest BCUT2D eigenvalue weighted by Crippen LogP contribution is 2.31. The van der Waals surface area contributed by atoms with Crippen molar-refractivity contribution in [2.45, 2.75) is 51.6 Å². The topological polar surface area (TPSA) is 25.4 Å². The average Bonchev–Trinajstić information content (AvgIpc) is 2.65. The van der Waals surface area contributed by atoms with E-state index in [1.807, 2.05) is 18.5 Å². The van der Waals surface area contributed by atoms with Gasteiger partial charge in [0.2, 0.25) is 0 Å². The van der Waals surface area contributed by atoms with Crippen molar-refractivity contribution in [1.82, 2.24) is 9.88 Å². The first kappa shape index (κ1) is 17.0. The maximum absolute atomic E-state index is 5.76. The van der Waals surface area contributed by atoms with Gasteiger partial charge in [0, 0.05) is 25.0 Å². The van der Waals surface area contributed by atoms with Crippen LogP contribution in [0.2, 0.25) is 0 Å². The minimum atomic E-state index is 0.493. The third-order valence-corrected chi connectivity index (χ3v) is 4.76. The second-order valence-electron chi connectivity index (χ2n) is 6.61. The SMILES string of the molecule is CCCCOc1ccc(CN2CCCC[C@@H]2c2cccnc2)cc1. The van der Waals surface area contributed by atoms with Gasteiger partial charge in [-0.3, -0.25) is 9.88 Å². The molecular weight excluding hydrogens is 296 g/mol. The highest BCUT2D eigenvalue weighted by Gasteiger charge is 2.23. The normalized spacial score (nSPS) is 18.5. The standard InChI is InChI=1S/C21H28N2O/c1-2-3-15-24-20-11-9-18(10-12-20)17-23-14-5-4-8-21(23)19-7-6-13-22-16-19/h6-7,9-13,16,21H,2-5,8,14-15,17H2,1H3/t21-/m1/s1. The van der Waals surface area contributed by atoms with E-state index in [9.17, 15) is 0 Å². The van der Waals surface area contributed by atoms with E-state index >= 15 is 0 Å². The monoisotopic (exact) mass is 324 g/mol. The van der Waals surface area contributed by atoms with Crippen molar-refractivity contribution < 1.29 is 4.74 Å². The van der Waals surface area contributed by atoms with E-state index in [1.54, 1.807) is 0 Å². The van der Waals surface area contributed by atoms with E-state index in [4.69, 9.17) is 4.74 Å².